The second-order valence-corrected chi connectivity index (χ2v) is 5.56. The summed E-state index contributed by atoms with van der Waals surface area (Å²) in [6, 6.07) is 11.1. The fraction of sp³-hybridized carbons (Fsp3) is 0.133. The first-order chi connectivity index (χ1) is 9.49. The van der Waals surface area contributed by atoms with Crippen molar-refractivity contribution in [2.75, 3.05) is 10.7 Å². The number of hydrogen-bond donors (Lipinski definition) is 3. The number of rotatable bonds is 3. The predicted octanol–water partition coefficient (Wildman–Crippen LogP) is 3.60. The number of nitrogens with two attached hydrogens (primary N) is 1. The second-order valence-electron chi connectivity index (χ2n) is 4.65. The molecule has 0 heterocycles. The van der Waals surface area contributed by atoms with Gasteiger partial charge in [-0.25, -0.2) is 0 Å². The Hall–Kier alpha value is -1.85. The highest BCUT2D eigenvalue weighted by Crippen LogP contribution is 2.21. The van der Waals surface area contributed by atoms with Crippen molar-refractivity contribution in [3.05, 3.63) is 57.6 Å². The van der Waals surface area contributed by atoms with Gasteiger partial charge in [-0.15, -0.1) is 0 Å². The van der Waals surface area contributed by atoms with E-state index in [0.29, 0.717) is 5.56 Å². The van der Waals surface area contributed by atoms with Crippen LogP contribution in [0.2, 0.25) is 0 Å². The zero-order valence-electron chi connectivity index (χ0n) is 11.3. The molecule has 0 bridgehead atoms. The van der Waals surface area contributed by atoms with E-state index in [-0.39, 0.29) is 5.91 Å². The molecule has 4 nitrogen and oxygen atoms in total. The molecule has 2 rings (SSSR count). The Morgan fingerprint density at radius 1 is 1.15 bits per heavy atom. The SMILES string of the molecule is Cc1cc(Br)cc(NC(=O)c2ccc(NN)c(C)c2)c1. The maximum Gasteiger partial charge on any atom is 0.255 e. The normalized spacial score (nSPS) is 10.2. The average molecular weight is 334 g/mol. The Balaban J connectivity index is 2.21. The topological polar surface area (TPSA) is 67.2 Å². The van der Waals surface area contributed by atoms with Crippen LogP contribution in [0.4, 0.5) is 11.4 Å². The van der Waals surface area contributed by atoms with E-state index in [2.05, 4.69) is 26.7 Å². The van der Waals surface area contributed by atoms with Crippen molar-refractivity contribution in [2.45, 2.75) is 13.8 Å². The van der Waals surface area contributed by atoms with Gasteiger partial charge in [-0.1, -0.05) is 15.9 Å². The summed E-state index contributed by atoms with van der Waals surface area (Å²) in [6.45, 7) is 3.88. The zero-order chi connectivity index (χ0) is 14.7. The van der Waals surface area contributed by atoms with Gasteiger partial charge in [0, 0.05) is 15.7 Å². The van der Waals surface area contributed by atoms with Crippen LogP contribution in [0.5, 0.6) is 0 Å². The van der Waals surface area contributed by atoms with E-state index in [1.165, 1.54) is 0 Å². The van der Waals surface area contributed by atoms with E-state index in [4.69, 9.17) is 5.84 Å². The molecule has 2 aromatic carbocycles. The van der Waals surface area contributed by atoms with Crippen LogP contribution in [0.25, 0.3) is 0 Å². The number of carbonyl (C=O) groups is 1. The lowest BCUT2D eigenvalue weighted by atomic mass is 10.1. The number of amides is 1. The van der Waals surface area contributed by atoms with Crippen LogP contribution in [-0.2, 0) is 0 Å². The summed E-state index contributed by atoms with van der Waals surface area (Å²) in [4.78, 5) is 12.2. The third kappa shape index (κ3) is 3.37. The van der Waals surface area contributed by atoms with Crippen LogP contribution in [0, 0.1) is 13.8 Å². The average Bonchev–Trinajstić information content (AvgIpc) is 2.37. The number of nitrogen functional groups attached to an aromatic ring is 1. The molecule has 4 N–H and O–H groups in total. The summed E-state index contributed by atoms with van der Waals surface area (Å²) < 4.78 is 0.937. The smallest absolute Gasteiger partial charge is 0.255 e. The molecule has 2 aromatic rings. The first-order valence-electron chi connectivity index (χ1n) is 6.15. The number of benzene rings is 2. The van der Waals surface area contributed by atoms with Crippen LogP contribution in [0.1, 0.15) is 21.5 Å². The molecule has 0 saturated carbocycles. The number of halogens is 1. The van der Waals surface area contributed by atoms with E-state index in [0.717, 1.165) is 27.0 Å². The molecule has 0 aliphatic heterocycles. The number of aryl methyl sites for hydroxylation is 2. The number of anilines is 2. The summed E-state index contributed by atoms with van der Waals surface area (Å²) in [5.74, 6) is 5.23. The Morgan fingerprint density at radius 2 is 1.90 bits per heavy atom. The number of hydrogen-bond acceptors (Lipinski definition) is 3. The molecule has 0 fully saturated rings. The molecular weight excluding hydrogens is 318 g/mol. The van der Waals surface area contributed by atoms with Crippen molar-refractivity contribution in [2.24, 2.45) is 5.84 Å². The lowest BCUT2D eigenvalue weighted by Crippen LogP contribution is -2.13. The maximum absolute atomic E-state index is 12.2. The first kappa shape index (κ1) is 14.6. The minimum absolute atomic E-state index is 0.144. The lowest BCUT2D eigenvalue weighted by Gasteiger charge is -2.09. The molecule has 0 spiro atoms. The summed E-state index contributed by atoms with van der Waals surface area (Å²) in [5.41, 5.74) is 6.75. The minimum atomic E-state index is -0.144. The van der Waals surface area contributed by atoms with Crippen molar-refractivity contribution in [1.82, 2.24) is 0 Å². The monoisotopic (exact) mass is 333 g/mol. The largest absolute Gasteiger partial charge is 0.324 e. The highest BCUT2D eigenvalue weighted by atomic mass is 79.9. The second kappa shape index (κ2) is 6.07. The van der Waals surface area contributed by atoms with Gasteiger partial charge in [-0.3, -0.25) is 10.6 Å². The van der Waals surface area contributed by atoms with E-state index in [1.54, 1.807) is 18.2 Å². The predicted molar refractivity (Wildman–Crippen MR) is 85.8 cm³/mol. The Morgan fingerprint density at radius 3 is 2.50 bits per heavy atom. The molecule has 1 amide bonds. The summed E-state index contributed by atoms with van der Waals surface area (Å²) in [5, 5.41) is 2.88. The van der Waals surface area contributed by atoms with Gasteiger partial charge in [-0.05, 0) is 61.4 Å². The number of nitrogens with one attached hydrogen (secondary N) is 2. The third-order valence-electron chi connectivity index (χ3n) is 2.94. The number of carbonyl (C=O) groups excluding carboxylic acids is 1. The maximum atomic E-state index is 12.2. The van der Waals surface area contributed by atoms with Gasteiger partial charge in [0.1, 0.15) is 0 Å². The van der Waals surface area contributed by atoms with Crippen molar-refractivity contribution in [3.63, 3.8) is 0 Å². The van der Waals surface area contributed by atoms with Crippen LogP contribution in [0.15, 0.2) is 40.9 Å². The molecule has 5 heteroatoms. The number of hydrazine groups is 1. The Labute approximate surface area is 126 Å². The van der Waals surface area contributed by atoms with Crippen molar-refractivity contribution in [3.8, 4) is 0 Å². The fourth-order valence-electron chi connectivity index (χ4n) is 1.98. The standard InChI is InChI=1S/C15H16BrN3O/c1-9-5-12(16)8-13(6-9)18-15(20)11-3-4-14(19-17)10(2)7-11/h3-8,19H,17H2,1-2H3,(H,18,20). The molecule has 0 unspecified atom stereocenters. The Kier molecular flexibility index (Phi) is 4.42. The third-order valence-corrected chi connectivity index (χ3v) is 3.40. The molecular formula is C15H16BrN3O. The summed E-state index contributed by atoms with van der Waals surface area (Å²) >= 11 is 3.42. The first-order valence-corrected chi connectivity index (χ1v) is 6.94. The van der Waals surface area contributed by atoms with E-state index in [1.807, 2.05) is 32.0 Å². The van der Waals surface area contributed by atoms with E-state index in [9.17, 15) is 4.79 Å². The molecule has 0 saturated heterocycles. The highest BCUT2D eigenvalue weighted by molar-refractivity contribution is 9.10. The van der Waals surface area contributed by atoms with Gasteiger partial charge in [0.05, 0.1) is 5.69 Å². The van der Waals surface area contributed by atoms with Crippen LogP contribution < -0.4 is 16.6 Å². The van der Waals surface area contributed by atoms with Crippen molar-refractivity contribution in [1.29, 1.82) is 0 Å². The van der Waals surface area contributed by atoms with Gasteiger partial charge >= 0.3 is 0 Å². The lowest BCUT2D eigenvalue weighted by molar-refractivity contribution is 0.102. The zero-order valence-corrected chi connectivity index (χ0v) is 12.9. The van der Waals surface area contributed by atoms with Crippen LogP contribution in [0.3, 0.4) is 0 Å². The highest BCUT2D eigenvalue weighted by Gasteiger charge is 2.08. The molecule has 104 valence electrons. The van der Waals surface area contributed by atoms with Gasteiger partial charge in [0.15, 0.2) is 0 Å². The van der Waals surface area contributed by atoms with Crippen molar-refractivity contribution >= 4 is 33.2 Å². The quantitative estimate of drug-likeness (QED) is 0.593. The molecule has 0 aliphatic carbocycles. The molecule has 0 aliphatic rings. The fourth-order valence-corrected chi connectivity index (χ4v) is 2.59. The minimum Gasteiger partial charge on any atom is -0.324 e. The molecule has 0 atom stereocenters. The van der Waals surface area contributed by atoms with Crippen LogP contribution >= 0.6 is 15.9 Å². The van der Waals surface area contributed by atoms with E-state index >= 15 is 0 Å². The summed E-state index contributed by atoms with van der Waals surface area (Å²) in [6.07, 6.45) is 0. The van der Waals surface area contributed by atoms with Gasteiger partial charge in [-0.2, -0.15) is 0 Å². The van der Waals surface area contributed by atoms with Crippen molar-refractivity contribution < 1.29 is 4.79 Å². The molecule has 0 radical (unpaired) electrons. The van der Waals surface area contributed by atoms with Gasteiger partial charge in [0.25, 0.3) is 5.91 Å². The molecule has 20 heavy (non-hydrogen) atoms. The Bertz CT molecular complexity index is 635. The van der Waals surface area contributed by atoms with Gasteiger partial charge in [0.2, 0.25) is 0 Å². The van der Waals surface area contributed by atoms with E-state index < -0.39 is 0 Å². The van der Waals surface area contributed by atoms with Gasteiger partial charge < -0.3 is 10.7 Å². The van der Waals surface area contributed by atoms with Crippen LogP contribution in [-0.4, -0.2) is 5.91 Å². The molecule has 0 aromatic heterocycles. The summed E-state index contributed by atoms with van der Waals surface area (Å²) in [7, 11) is 0.